The molecule has 0 aliphatic carbocycles. The Morgan fingerprint density at radius 1 is 1.38 bits per heavy atom. The van der Waals surface area contributed by atoms with Crippen molar-refractivity contribution in [2.75, 3.05) is 20.2 Å². The Labute approximate surface area is 163 Å². The summed E-state index contributed by atoms with van der Waals surface area (Å²) in [6.07, 6.45) is 0.168. The first kappa shape index (κ1) is 18.9. The predicted molar refractivity (Wildman–Crippen MR) is 95.6 cm³/mol. The van der Waals surface area contributed by atoms with Crippen LogP contribution in [0.3, 0.4) is 0 Å². The first-order valence-electron chi connectivity index (χ1n) is 8.67. The highest BCUT2D eigenvalue weighted by Crippen LogP contribution is 2.37. The van der Waals surface area contributed by atoms with E-state index in [-0.39, 0.29) is 23.6 Å². The molecule has 2 aliphatic heterocycles. The molecular weight excluding hydrogens is 386 g/mol. The summed E-state index contributed by atoms with van der Waals surface area (Å²) in [6.45, 7) is -0.556. The minimum Gasteiger partial charge on any atom is -0.485 e. The molecule has 1 aromatic heterocycles. The number of alkyl halides is 2. The van der Waals surface area contributed by atoms with Gasteiger partial charge in [0, 0.05) is 25.6 Å². The Hall–Kier alpha value is -3.45. The van der Waals surface area contributed by atoms with Gasteiger partial charge in [-0.05, 0) is 24.3 Å². The summed E-state index contributed by atoms with van der Waals surface area (Å²) in [5.74, 6) is 0.546. The van der Waals surface area contributed by atoms with Crippen LogP contribution >= 0.6 is 0 Å². The second-order valence-corrected chi connectivity index (χ2v) is 6.95. The molecule has 8 nitrogen and oxygen atoms in total. The number of ether oxygens (including phenoxy) is 1. The normalized spacial score (nSPS) is 22.1. The molecule has 1 atom stereocenters. The number of amides is 2. The van der Waals surface area contributed by atoms with Gasteiger partial charge in [0.15, 0.2) is 12.3 Å². The minimum atomic E-state index is -3.40. The van der Waals surface area contributed by atoms with Gasteiger partial charge in [-0.1, -0.05) is 11.8 Å². The van der Waals surface area contributed by atoms with E-state index in [0.717, 1.165) is 10.7 Å². The lowest BCUT2D eigenvalue weighted by Crippen LogP contribution is -2.37. The molecule has 2 amide bonds. The van der Waals surface area contributed by atoms with Crippen molar-refractivity contribution in [1.82, 2.24) is 14.7 Å². The van der Waals surface area contributed by atoms with Crippen LogP contribution in [0.15, 0.2) is 24.3 Å². The van der Waals surface area contributed by atoms with E-state index in [2.05, 4.69) is 16.9 Å². The highest BCUT2D eigenvalue weighted by Gasteiger charge is 2.43. The smallest absolute Gasteiger partial charge is 0.323 e. The third kappa shape index (κ3) is 3.09. The number of carbonyl (C=O) groups excluding carboxylic acids is 2. The van der Waals surface area contributed by atoms with E-state index in [1.54, 1.807) is 7.05 Å². The first-order chi connectivity index (χ1) is 13.6. The average Bonchev–Trinajstić information content (AvgIpc) is 3.21. The Morgan fingerprint density at radius 3 is 2.79 bits per heavy atom. The van der Waals surface area contributed by atoms with Crippen molar-refractivity contribution in [3.05, 3.63) is 41.2 Å². The molecule has 2 aliphatic rings. The van der Waals surface area contributed by atoms with Crippen molar-refractivity contribution in [3.63, 3.8) is 0 Å². The van der Waals surface area contributed by atoms with Crippen LogP contribution in [0.25, 0.3) is 5.69 Å². The molecule has 0 saturated carbocycles. The SMILES string of the molecule is CN1CCC(O)(C#Cc2ccc3c(c2)-n2nc(C(N)=O)cc2C(F)(F)CO3)C1=O. The van der Waals surface area contributed by atoms with Crippen LogP contribution in [-0.2, 0) is 10.7 Å². The monoisotopic (exact) mass is 402 g/mol. The second-order valence-electron chi connectivity index (χ2n) is 6.95. The summed E-state index contributed by atoms with van der Waals surface area (Å²) in [7, 11) is 1.57. The molecule has 1 aromatic carbocycles. The van der Waals surface area contributed by atoms with Crippen LogP contribution in [0.4, 0.5) is 8.78 Å². The van der Waals surface area contributed by atoms with Gasteiger partial charge in [-0.15, -0.1) is 0 Å². The number of rotatable bonds is 1. The van der Waals surface area contributed by atoms with Gasteiger partial charge >= 0.3 is 5.92 Å². The number of nitrogens with zero attached hydrogens (tertiary/aromatic N) is 3. The molecule has 1 fully saturated rings. The Kier molecular flexibility index (Phi) is 4.09. The summed E-state index contributed by atoms with van der Waals surface area (Å²) < 4.78 is 35.0. The van der Waals surface area contributed by atoms with Crippen LogP contribution in [0.2, 0.25) is 0 Å². The van der Waals surface area contributed by atoms with Gasteiger partial charge in [0.05, 0.1) is 0 Å². The maximum atomic E-state index is 14.4. The molecule has 150 valence electrons. The highest BCUT2D eigenvalue weighted by molar-refractivity contribution is 5.91. The van der Waals surface area contributed by atoms with E-state index in [1.165, 1.54) is 23.1 Å². The molecule has 0 spiro atoms. The number of benzene rings is 1. The van der Waals surface area contributed by atoms with Gasteiger partial charge in [-0.2, -0.15) is 13.9 Å². The van der Waals surface area contributed by atoms with Gasteiger partial charge in [0.1, 0.15) is 17.1 Å². The molecule has 1 saturated heterocycles. The summed E-state index contributed by atoms with van der Waals surface area (Å²) in [4.78, 5) is 24.8. The average molecular weight is 402 g/mol. The molecule has 2 aromatic rings. The topological polar surface area (TPSA) is 111 Å². The van der Waals surface area contributed by atoms with Gasteiger partial charge in [-0.25, -0.2) is 4.68 Å². The molecule has 4 rings (SSSR count). The fourth-order valence-corrected chi connectivity index (χ4v) is 3.22. The second kappa shape index (κ2) is 6.28. The van der Waals surface area contributed by atoms with E-state index in [1.807, 2.05) is 0 Å². The van der Waals surface area contributed by atoms with E-state index in [4.69, 9.17) is 10.5 Å². The van der Waals surface area contributed by atoms with Gasteiger partial charge in [-0.3, -0.25) is 9.59 Å². The maximum absolute atomic E-state index is 14.4. The largest absolute Gasteiger partial charge is 0.485 e. The molecule has 0 bridgehead atoms. The fourth-order valence-electron chi connectivity index (χ4n) is 3.22. The summed E-state index contributed by atoms with van der Waals surface area (Å²) in [5, 5.41) is 14.3. The Balaban J connectivity index is 1.79. The predicted octanol–water partition coefficient (Wildman–Crippen LogP) is 0.400. The number of aliphatic hydroxyl groups is 1. The van der Waals surface area contributed by atoms with Crippen LogP contribution in [0, 0.1) is 11.8 Å². The molecule has 1 unspecified atom stereocenters. The zero-order valence-electron chi connectivity index (χ0n) is 15.3. The van der Waals surface area contributed by atoms with Crippen LogP contribution in [-0.4, -0.2) is 57.4 Å². The lowest BCUT2D eigenvalue weighted by molar-refractivity contribution is -0.137. The quantitative estimate of drug-likeness (QED) is 0.671. The number of likely N-dealkylation sites (tertiary alicyclic amines) is 1. The number of halogens is 2. The van der Waals surface area contributed by atoms with Crippen molar-refractivity contribution in [2.24, 2.45) is 5.73 Å². The number of fused-ring (bicyclic) bond motifs is 3. The van der Waals surface area contributed by atoms with E-state index < -0.39 is 35.6 Å². The van der Waals surface area contributed by atoms with Crippen LogP contribution < -0.4 is 10.5 Å². The van der Waals surface area contributed by atoms with Crippen molar-refractivity contribution in [3.8, 4) is 23.3 Å². The van der Waals surface area contributed by atoms with E-state index in [9.17, 15) is 23.5 Å². The number of nitrogens with two attached hydrogens (primary N) is 1. The molecule has 29 heavy (non-hydrogen) atoms. The van der Waals surface area contributed by atoms with Crippen molar-refractivity contribution in [1.29, 1.82) is 0 Å². The number of aromatic nitrogens is 2. The van der Waals surface area contributed by atoms with E-state index in [0.29, 0.717) is 12.1 Å². The number of likely N-dealkylation sites (N-methyl/N-ethyl adjacent to an activating group) is 1. The van der Waals surface area contributed by atoms with Crippen molar-refractivity contribution < 1.29 is 28.2 Å². The van der Waals surface area contributed by atoms with E-state index >= 15 is 0 Å². The summed E-state index contributed by atoms with van der Waals surface area (Å²) >= 11 is 0. The Morgan fingerprint density at radius 2 is 2.14 bits per heavy atom. The molecule has 3 N–H and O–H groups in total. The van der Waals surface area contributed by atoms with Gasteiger partial charge in [0.25, 0.3) is 11.8 Å². The van der Waals surface area contributed by atoms with Crippen LogP contribution in [0.5, 0.6) is 5.75 Å². The Bertz CT molecular complexity index is 1100. The summed E-state index contributed by atoms with van der Waals surface area (Å²) in [6, 6.07) is 5.30. The zero-order valence-corrected chi connectivity index (χ0v) is 15.3. The fraction of sp³-hybridized carbons (Fsp3) is 0.316. The standard InChI is InChI=1S/C19H16F2N4O4/c1-24-7-6-18(28,17(24)27)5-4-11-2-3-14-13(8-11)25-15(19(20,21)10-29-14)9-12(23-25)16(22)26/h2-3,8-9,28H,6-7,10H2,1H3,(H2,22,26). The highest BCUT2D eigenvalue weighted by atomic mass is 19.3. The molecule has 0 radical (unpaired) electrons. The number of primary amides is 1. The molecular formula is C19H16F2N4O4. The van der Waals surface area contributed by atoms with Crippen molar-refractivity contribution in [2.45, 2.75) is 17.9 Å². The van der Waals surface area contributed by atoms with Crippen LogP contribution in [0.1, 0.15) is 28.2 Å². The maximum Gasteiger partial charge on any atom is 0.323 e. The van der Waals surface area contributed by atoms with Crippen molar-refractivity contribution >= 4 is 11.8 Å². The van der Waals surface area contributed by atoms with Gasteiger partial charge in [0.2, 0.25) is 5.60 Å². The lowest BCUT2D eigenvalue weighted by atomic mass is 10.0. The molecule has 3 heterocycles. The lowest BCUT2D eigenvalue weighted by Gasteiger charge is -2.13. The molecule has 10 heteroatoms. The first-order valence-corrected chi connectivity index (χ1v) is 8.67. The number of carbonyl (C=O) groups is 2. The third-order valence-electron chi connectivity index (χ3n) is 4.86. The summed E-state index contributed by atoms with van der Waals surface area (Å²) in [5.41, 5.74) is 3.02. The number of hydrogen-bond donors (Lipinski definition) is 2. The minimum absolute atomic E-state index is 0.114. The third-order valence-corrected chi connectivity index (χ3v) is 4.86. The zero-order chi connectivity index (χ0) is 21.0. The number of hydrogen-bond acceptors (Lipinski definition) is 5. The van der Waals surface area contributed by atoms with Gasteiger partial charge < -0.3 is 20.5 Å².